The third-order valence-electron chi connectivity index (χ3n) is 4.41. The summed E-state index contributed by atoms with van der Waals surface area (Å²) in [5.74, 6) is 0.00484. The summed E-state index contributed by atoms with van der Waals surface area (Å²) in [4.78, 5) is 26.9. The van der Waals surface area contributed by atoms with Crippen LogP contribution in [0.4, 0.5) is 11.4 Å². The summed E-state index contributed by atoms with van der Waals surface area (Å²) >= 11 is 5.98. The molecule has 0 aromatic heterocycles. The molecule has 2 N–H and O–H groups in total. The van der Waals surface area contributed by atoms with Gasteiger partial charge in [0.15, 0.2) is 6.10 Å². The van der Waals surface area contributed by atoms with E-state index in [-0.39, 0.29) is 24.9 Å². The topological polar surface area (TPSA) is 94.5 Å². The van der Waals surface area contributed by atoms with Crippen molar-refractivity contribution in [3.8, 4) is 11.8 Å². The number of ether oxygens (including phenoxy) is 1. The van der Waals surface area contributed by atoms with E-state index in [1.165, 1.54) is 6.07 Å². The van der Waals surface area contributed by atoms with Crippen LogP contribution >= 0.6 is 11.6 Å². The molecule has 0 bridgehead atoms. The van der Waals surface area contributed by atoms with Crippen molar-refractivity contribution in [2.24, 2.45) is 0 Å². The predicted octanol–water partition coefficient (Wildman–Crippen LogP) is 2.94. The van der Waals surface area contributed by atoms with E-state index in [4.69, 9.17) is 16.3 Å². The van der Waals surface area contributed by atoms with Gasteiger partial charge >= 0.3 is 0 Å². The lowest BCUT2D eigenvalue weighted by Gasteiger charge is -2.35. The Morgan fingerprint density at radius 2 is 2.10 bits per heavy atom. The molecule has 0 saturated heterocycles. The number of anilines is 2. The Balaban J connectivity index is 1.76. The van der Waals surface area contributed by atoms with Crippen LogP contribution in [0.1, 0.15) is 18.9 Å². The quantitative estimate of drug-likeness (QED) is 0.760. The molecule has 1 heterocycles. The molecule has 8 heteroatoms. The monoisotopic (exact) mass is 412 g/mol. The number of carbonyl (C=O) groups is 2. The predicted molar refractivity (Wildman–Crippen MR) is 111 cm³/mol. The van der Waals surface area contributed by atoms with Crippen LogP contribution in [0, 0.1) is 11.3 Å². The third kappa shape index (κ3) is 4.98. The molecule has 0 aliphatic carbocycles. The molecule has 0 fully saturated rings. The van der Waals surface area contributed by atoms with Crippen LogP contribution in [-0.2, 0) is 9.59 Å². The molecule has 1 aliphatic heterocycles. The summed E-state index contributed by atoms with van der Waals surface area (Å²) in [6, 6.07) is 14.0. The lowest BCUT2D eigenvalue weighted by molar-refractivity contribution is -0.128. The molecule has 2 aromatic rings. The fraction of sp³-hybridized carbons (Fsp3) is 0.286. The van der Waals surface area contributed by atoms with Gasteiger partial charge in [0.25, 0.3) is 5.91 Å². The molecule has 150 valence electrons. The zero-order chi connectivity index (χ0) is 20.8. The molecule has 0 unspecified atom stereocenters. The number of halogens is 1. The van der Waals surface area contributed by atoms with E-state index in [2.05, 4.69) is 10.6 Å². The molecule has 0 spiro atoms. The maximum absolute atomic E-state index is 12.7. The van der Waals surface area contributed by atoms with Crippen LogP contribution < -0.4 is 20.3 Å². The lowest BCUT2D eigenvalue weighted by atomic mass is 10.1. The van der Waals surface area contributed by atoms with Crippen LogP contribution in [0.15, 0.2) is 42.5 Å². The van der Waals surface area contributed by atoms with Crippen molar-refractivity contribution in [2.75, 3.05) is 29.9 Å². The average Bonchev–Trinajstić information content (AvgIpc) is 2.72. The standard InChI is InChI=1S/C21H21ClN4O3/c1-2-9-24-21(28)19-12-26(17-5-3-4-6-18(17)29-19)13-20(27)25-16-10-15(22)8-7-14(16)11-23/h3-8,10,19H,2,9,12-13H2,1H3,(H,24,28)(H,25,27)/t19-/m0/s1. The number of fused-ring (bicyclic) bond motifs is 1. The molecule has 29 heavy (non-hydrogen) atoms. The van der Waals surface area contributed by atoms with E-state index in [0.717, 1.165) is 12.1 Å². The Morgan fingerprint density at radius 1 is 1.31 bits per heavy atom. The maximum atomic E-state index is 12.7. The van der Waals surface area contributed by atoms with Crippen LogP contribution in [0.2, 0.25) is 5.02 Å². The molecular weight excluding hydrogens is 392 g/mol. The number of nitrogens with one attached hydrogen (secondary N) is 2. The van der Waals surface area contributed by atoms with Crippen molar-refractivity contribution < 1.29 is 14.3 Å². The number of benzene rings is 2. The van der Waals surface area contributed by atoms with E-state index in [1.807, 2.05) is 31.2 Å². The van der Waals surface area contributed by atoms with Gasteiger partial charge in [-0.3, -0.25) is 9.59 Å². The van der Waals surface area contributed by atoms with Crippen molar-refractivity contribution in [1.29, 1.82) is 5.26 Å². The van der Waals surface area contributed by atoms with Crippen molar-refractivity contribution >= 4 is 34.8 Å². The summed E-state index contributed by atoms with van der Waals surface area (Å²) in [6.45, 7) is 2.77. The highest BCUT2D eigenvalue weighted by atomic mass is 35.5. The normalized spacial score (nSPS) is 14.9. The molecule has 0 saturated carbocycles. The number of nitriles is 1. The first kappa shape index (κ1) is 20.5. The van der Waals surface area contributed by atoms with E-state index in [0.29, 0.717) is 28.6 Å². The number of amides is 2. The SMILES string of the molecule is CCCNC(=O)[C@@H]1CN(CC(=O)Nc2cc(Cl)ccc2C#N)c2ccccc2O1. The lowest BCUT2D eigenvalue weighted by Crippen LogP contribution is -2.50. The number of hydrogen-bond acceptors (Lipinski definition) is 5. The van der Waals surface area contributed by atoms with Gasteiger partial charge in [0.05, 0.1) is 30.0 Å². The Bertz CT molecular complexity index is 957. The number of carbonyl (C=O) groups excluding carboxylic acids is 2. The molecule has 3 rings (SSSR count). The van der Waals surface area contributed by atoms with Crippen LogP contribution in [0.25, 0.3) is 0 Å². The van der Waals surface area contributed by atoms with Gasteiger partial charge in [0, 0.05) is 11.6 Å². The number of rotatable bonds is 6. The molecule has 0 radical (unpaired) electrons. The molecule has 1 atom stereocenters. The third-order valence-corrected chi connectivity index (χ3v) is 4.65. The Labute approximate surface area is 174 Å². The van der Waals surface area contributed by atoms with E-state index >= 15 is 0 Å². The van der Waals surface area contributed by atoms with Crippen LogP contribution in [0.3, 0.4) is 0 Å². The molecule has 2 aromatic carbocycles. The minimum absolute atomic E-state index is 0.00465. The van der Waals surface area contributed by atoms with Gasteiger partial charge in [-0.25, -0.2) is 0 Å². The fourth-order valence-electron chi connectivity index (χ4n) is 3.04. The van der Waals surface area contributed by atoms with E-state index < -0.39 is 6.10 Å². The second-order valence-electron chi connectivity index (χ2n) is 6.60. The molecule has 7 nitrogen and oxygen atoms in total. The van der Waals surface area contributed by atoms with Gasteiger partial charge in [-0.2, -0.15) is 5.26 Å². The summed E-state index contributed by atoms with van der Waals surface area (Å²) in [7, 11) is 0. The Kier molecular flexibility index (Phi) is 6.57. The van der Waals surface area contributed by atoms with Gasteiger partial charge in [-0.15, -0.1) is 0 Å². The molecule has 2 amide bonds. The van der Waals surface area contributed by atoms with Gasteiger partial charge in [0.2, 0.25) is 5.91 Å². The fourth-order valence-corrected chi connectivity index (χ4v) is 3.21. The highest BCUT2D eigenvalue weighted by molar-refractivity contribution is 6.31. The zero-order valence-corrected chi connectivity index (χ0v) is 16.7. The van der Waals surface area contributed by atoms with E-state index in [9.17, 15) is 14.9 Å². The Morgan fingerprint density at radius 3 is 2.86 bits per heavy atom. The van der Waals surface area contributed by atoms with Crippen molar-refractivity contribution in [3.63, 3.8) is 0 Å². The van der Waals surface area contributed by atoms with Crippen molar-refractivity contribution in [1.82, 2.24) is 5.32 Å². The minimum Gasteiger partial charge on any atom is -0.477 e. The summed E-state index contributed by atoms with van der Waals surface area (Å²) in [6.07, 6.45) is 0.104. The average molecular weight is 413 g/mol. The number of para-hydroxylation sites is 2. The first-order valence-electron chi connectivity index (χ1n) is 9.29. The highest BCUT2D eigenvalue weighted by Crippen LogP contribution is 2.33. The zero-order valence-electron chi connectivity index (χ0n) is 15.9. The molecule has 1 aliphatic rings. The largest absolute Gasteiger partial charge is 0.477 e. The second kappa shape index (κ2) is 9.30. The first-order chi connectivity index (χ1) is 14.0. The second-order valence-corrected chi connectivity index (χ2v) is 7.03. The number of nitrogens with zero attached hydrogens (tertiary/aromatic N) is 2. The first-order valence-corrected chi connectivity index (χ1v) is 9.67. The van der Waals surface area contributed by atoms with Gasteiger partial charge in [-0.1, -0.05) is 30.7 Å². The van der Waals surface area contributed by atoms with Gasteiger partial charge < -0.3 is 20.3 Å². The maximum Gasteiger partial charge on any atom is 0.262 e. The van der Waals surface area contributed by atoms with Crippen LogP contribution in [0.5, 0.6) is 5.75 Å². The summed E-state index contributed by atoms with van der Waals surface area (Å²) in [5, 5.41) is 15.2. The van der Waals surface area contributed by atoms with Crippen molar-refractivity contribution in [3.05, 3.63) is 53.1 Å². The van der Waals surface area contributed by atoms with Crippen molar-refractivity contribution in [2.45, 2.75) is 19.4 Å². The van der Waals surface area contributed by atoms with E-state index in [1.54, 1.807) is 23.1 Å². The van der Waals surface area contributed by atoms with Gasteiger partial charge in [-0.05, 0) is 36.8 Å². The summed E-state index contributed by atoms with van der Waals surface area (Å²) in [5.41, 5.74) is 1.40. The van der Waals surface area contributed by atoms with Crippen LogP contribution in [-0.4, -0.2) is 37.6 Å². The Hall–Kier alpha value is -3.24. The number of hydrogen-bond donors (Lipinski definition) is 2. The smallest absolute Gasteiger partial charge is 0.262 e. The molecular formula is C21H21ClN4O3. The summed E-state index contributed by atoms with van der Waals surface area (Å²) < 4.78 is 5.83. The highest BCUT2D eigenvalue weighted by Gasteiger charge is 2.31. The van der Waals surface area contributed by atoms with Gasteiger partial charge in [0.1, 0.15) is 11.8 Å². The minimum atomic E-state index is -0.718.